The summed E-state index contributed by atoms with van der Waals surface area (Å²) in [6, 6.07) is 2.21. The molecule has 1 heterocycles. The summed E-state index contributed by atoms with van der Waals surface area (Å²) in [6.07, 6.45) is 8.28. The number of hydrogen-bond acceptors (Lipinski definition) is 5. The van der Waals surface area contributed by atoms with E-state index < -0.39 is 0 Å². The quantitative estimate of drug-likeness (QED) is 0.798. The first-order valence-electron chi connectivity index (χ1n) is 8.50. The Bertz CT molecular complexity index is 557. The minimum Gasteiger partial charge on any atom is -0.392 e. The van der Waals surface area contributed by atoms with E-state index in [1.165, 1.54) is 19.3 Å². The lowest BCUT2D eigenvalue weighted by Gasteiger charge is -2.61. The Balaban J connectivity index is 1.38. The van der Waals surface area contributed by atoms with E-state index in [-0.39, 0.29) is 11.5 Å². The van der Waals surface area contributed by atoms with Gasteiger partial charge in [-0.15, -0.1) is 0 Å². The highest BCUT2D eigenvalue weighted by atomic mass is 16.3. The van der Waals surface area contributed by atoms with Crippen molar-refractivity contribution in [3.8, 4) is 0 Å². The summed E-state index contributed by atoms with van der Waals surface area (Å²) in [4.78, 5) is 8.96. The highest BCUT2D eigenvalue weighted by Gasteiger charge is 2.57. The van der Waals surface area contributed by atoms with Crippen LogP contribution < -0.4 is 10.6 Å². The molecule has 2 bridgehead atoms. The Morgan fingerprint density at radius 1 is 1.27 bits per heavy atom. The van der Waals surface area contributed by atoms with Gasteiger partial charge in [0.25, 0.3) is 0 Å². The molecule has 4 fully saturated rings. The second kappa shape index (κ2) is 4.82. The van der Waals surface area contributed by atoms with Crippen LogP contribution in [-0.4, -0.2) is 32.8 Å². The zero-order valence-corrected chi connectivity index (χ0v) is 13.5. The molecule has 1 aromatic rings. The normalized spacial score (nSPS) is 38.6. The minimum absolute atomic E-state index is 0.0285. The summed E-state index contributed by atoms with van der Waals surface area (Å²) in [5, 5.41) is 17.2. The summed E-state index contributed by atoms with van der Waals surface area (Å²) in [5.41, 5.74) is 0.328. The molecular formula is C17H26N4O. The van der Waals surface area contributed by atoms with Crippen LogP contribution in [0.25, 0.3) is 0 Å². The maximum absolute atomic E-state index is 10.3. The van der Waals surface area contributed by atoms with Crippen LogP contribution in [0.4, 0.5) is 11.8 Å². The molecule has 0 aliphatic heterocycles. The fraction of sp³-hybridized carbons (Fsp3) is 0.765. The number of nitrogens with zero attached hydrogens (tertiary/aromatic N) is 2. The van der Waals surface area contributed by atoms with E-state index in [1.54, 1.807) is 0 Å². The van der Waals surface area contributed by atoms with Gasteiger partial charge in [-0.05, 0) is 55.9 Å². The van der Waals surface area contributed by atoms with Crippen LogP contribution in [0, 0.1) is 11.3 Å². The van der Waals surface area contributed by atoms with Gasteiger partial charge in [0.05, 0.1) is 6.10 Å². The van der Waals surface area contributed by atoms with E-state index in [4.69, 9.17) is 0 Å². The Kier molecular flexibility index (Phi) is 3.12. The van der Waals surface area contributed by atoms with Gasteiger partial charge in [0.15, 0.2) is 0 Å². The fourth-order valence-electron chi connectivity index (χ4n) is 4.13. The van der Waals surface area contributed by atoms with Crippen molar-refractivity contribution in [3.05, 3.63) is 12.3 Å². The summed E-state index contributed by atoms with van der Waals surface area (Å²) in [5.74, 6) is 2.54. The van der Waals surface area contributed by atoms with Crippen LogP contribution in [-0.2, 0) is 0 Å². The van der Waals surface area contributed by atoms with Gasteiger partial charge < -0.3 is 15.7 Å². The first-order valence-corrected chi connectivity index (χ1v) is 8.50. The van der Waals surface area contributed by atoms with Crippen LogP contribution in [0.5, 0.6) is 0 Å². The van der Waals surface area contributed by atoms with Gasteiger partial charge in [-0.25, -0.2) is 4.98 Å². The van der Waals surface area contributed by atoms with Gasteiger partial charge >= 0.3 is 0 Å². The monoisotopic (exact) mass is 302 g/mol. The Morgan fingerprint density at radius 2 is 2.05 bits per heavy atom. The number of nitrogens with one attached hydrogen (secondary N) is 2. The molecule has 2 atom stereocenters. The van der Waals surface area contributed by atoms with Crippen molar-refractivity contribution >= 4 is 11.8 Å². The fourth-order valence-corrected chi connectivity index (χ4v) is 4.13. The van der Waals surface area contributed by atoms with Crippen LogP contribution >= 0.6 is 0 Å². The zero-order chi connectivity index (χ0) is 15.4. The second-order valence-corrected chi connectivity index (χ2v) is 8.27. The Morgan fingerprint density at radius 3 is 2.68 bits per heavy atom. The molecule has 4 aliphatic carbocycles. The molecule has 4 saturated carbocycles. The average Bonchev–Trinajstić information content (AvgIpc) is 2.38. The van der Waals surface area contributed by atoms with Gasteiger partial charge in [0, 0.05) is 17.8 Å². The number of rotatable bonds is 4. The molecule has 22 heavy (non-hydrogen) atoms. The third-order valence-electron chi connectivity index (χ3n) is 5.97. The van der Waals surface area contributed by atoms with Crippen molar-refractivity contribution in [2.75, 3.05) is 10.6 Å². The van der Waals surface area contributed by atoms with Crippen molar-refractivity contribution in [1.82, 2.24) is 9.97 Å². The predicted molar refractivity (Wildman–Crippen MR) is 86.8 cm³/mol. The highest BCUT2D eigenvalue weighted by Crippen LogP contribution is 2.58. The largest absolute Gasteiger partial charge is 0.392 e. The van der Waals surface area contributed by atoms with Crippen molar-refractivity contribution in [2.45, 2.75) is 70.1 Å². The number of aromatic nitrogens is 2. The minimum atomic E-state index is -0.251. The number of anilines is 2. The van der Waals surface area contributed by atoms with E-state index in [0.717, 1.165) is 36.9 Å². The SMILES string of the molecule is CC1(C)CCC(Nc2ccnc(NC34CC(C3)C4)n2)CC1O. The zero-order valence-electron chi connectivity index (χ0n) is 13.5. The lowest BCUT2D eigenvalue weighted by Crippen LogP contribution is -2.63. The first kappa shape index (κ1) is 14.2. The molecule has 5 nitrogen and oxygen atoms in total. The number of aliphatic hydroxyl groups excluding tert-OH is 1. The summed E-state index contributed by atoms with van der Waals surface area (Å²) in [6.45, 7) is 4.29. The molecule has 0 aromatic carbocycles. The number of aliphatic hydroxyl groups is 1. The third kappa shape index (κ3) is 2.45. The van der Waals surface area contributed by atoms with Crippen LogP contribution in [0.2, 0.25) is 0 Å². The maximum Gasteiger partial charge on any atom is 0.225 e. The topological polar surface area (TPSA) is 70.1 Å². The third-order valence-corrected chi connectivity index (χ3v) is 5.97. The predicted octanol–water partition coefficient (Wildman–Crippen LogP) is 2.79. The smallest absolute Gasteiger partial charge is 0.225 e. The molecule has 0 spiro atoms. The van der Waals surface area contributed by atoms with Gasteiger partial charge in [-0.2, -0.15) is 4.98 Å². The van der Waals surface area contributed by atoms with Gasteiger partial charge in [-0.3, -0.25) is 0 Å². The molecule has 2 unspecified atom stereocenters. The van der Waals surface area contributed by atoms with E-state index in [1.807, 2.05) is 12.3 Å². The van der Waals surface area contributed by atoms with Gasteiger partial charge in [0.1, 0.15) is 5.82 Å². The lowest BCUT2D eigenvalue weighted by atomic mass is 9.50. The molecule has 5 rings (SSSR count). The van der Waals surface area contributed by atoms with Crippen molar-refractivity contribution in [3.63, 3.8) is 0 Å². The second-order valence-electron chi connectivity index (χ2n) is 8.27. The summed E-state index contributed by atoms with van der Waals surface area (Å²) >= 11 is 0. The molecular weight excluding hydrogens is 276 g/mol. The van der Waals surface area contributed by atoms with Gasteiger partial charge in [-0.1, -0.05) is 13.8 Å². The average molecular weight is 302 g/mol. The Hall–Kier alpha value is -1.36. The standard InChI is InChI=1S/C17H26N4O/c1-16(2)5-3-12(7-13(16)22)19-14-4-6-18-15(20-14)21-17-8-11(9-17)10-17/h4,6,11-13,22H,3,5,7-10H2,1-2H3,(H2,18,19,20,21). The highest BCUT2D eigenvalue weighted by molar-refractivity contribution is 5.44. The first-order chi connectivity index (χ1) is 10.4. The van der Waals surface area contributed by atoms with Crippen molar-refractivity contribution in [2.24, 2.45) is 11.3 Å². The van der Waals surface area contributed by atoms with E-state index in [9.17, 15) is 5.11 Å². The van der Waals surface area contributed by atoms with Crippen LogP contribution in [0.1, 0.15) is 52.4 Å². The van der Waals surface area contributed by atoms with E-state index in [0.29, 0.717) is 11.6 Å². The maximum atomic E-state index is 10.3. The van der Waals surface area contributed by atoms with Gasteiger partial charge in [0.2, 0.25) is 5.95 Å². The number of hydrogen-bond donors (Lipinski definition) is 3. The van der Waals surface area contributed by atoms with Crippen LogP contribution in [0.3, 0.4) is 0 Å². The molecule has 1 aromatic heterocycles. The van der Waals surface area contributed by atoms with Crippen molar-refractivity contribution < 1.29 is 5.11 Å². The molecule has 3 N–H and O–H groups in total. The molecule has 0 amide bonds. The molecule has 4 aliphatic rings. The lowest BCUT2D eigenvalue weighted by molar-refractivity contribution is 0.00146. The van der Waals surface area contributed by atoms with Crippen LogP contribution in [0.15, 0.2) is 12.3 Å². The van der Waals surface area contributed by atoms with E-state index in [2.05, 4.69) is 34.4 Å². The summed E-state index contributed by atoms with van der Waals surface area (Å²) in [7, 11) is 0. The molecule has 5 heteroatoms. The Labute approximate surface area is 131 Å². The molecule has 0 radical (unpaired) electrons. The molecule has 0 saturated heterocycles. The van der Waals surface area contributed by atoms with E-state index >= 15 is 0 Å². The summed E-state index contributed by atoms with van der Waals surface area (Å²) < 4.78 is 0. The van der Waals surface area contributed by atoms with Crippen molar-refractivity contribution in [1.29, 1.82) is 0 Å². The molecule has 120 valence electrons.